The molecule has 0 aromatic heterocycles. The van der Waals surface area contributed by atoms with E-state index in [0.717, 1.165) is 6.07 Å². The molecule has 2 aromatic rings. The fourth-order valence-electron chi connectivity index (χ4n) is 2.69. The summed E-state index contributed by atoms with van der Waals surface area (Å²) in [7, 11) is 1.34. The number of benzene rings is 2. The van der Waals surface area contributed by atoms with Gasteiger partial charge in [0, 0.05) is 12.5 Å². The maximum Gasteiger partial charge on any atom is 0.341 e. The van der Waals surface area contributed by atoms with Gasteiger partial charge in [-0.25, -0.2) is 13.6 Å². The number of methoxy groups -OCH3 is 1. The lowest BCUT2D eigenvalue weighted by Gasteiger charge is -2.13. The molecule has 0 aliphatic carbocycles. The molecular formula is C21H19ClF2O4. The van der Waals surface area contributed by atoms with E-state index in [1.807, 2.05) is 0 Å². The Hall–Kier alpha value is -2.73. The zero-order valence-corrected chi connectivity index (χ0v) is 16.4. The predicted octanol–water partition coefficient (Wildman–Crippen LogP) is 4.91. The fraction of sp³-hybridized carbons (Fsp3) is 0.238. The topological polar surface area (TPSA) is 52.6 Å². The van der Waals surface area contributed by atoms with Gasteiger partial charge in [0.2, 0.25) is 5.78 Å². The molecule has 2 rings (SSSR count). The molecule has 2 aromatic carbocycles. The Morgan fingerprint density at radius 2 is 1.89 bits per heavy atom. The molecule has 0 aliphatic rings. The van der Waals surface area contributed by atoms with Gasteiger partial charge < -0.3 is 9.47 Å². The molecule has 0 radical (unpaired) electrons. The van der Waals surface area contributed by atoms with Gasteiger partial charge in [-0.15, -0.1) is 0 Å². The highest BCUT2D eigenvalue weighted by Crippen LogP contribution is 2.29. The molecule has 0 spiro atoms. The van der Waals surface area contributed by atoms with Crippen molar-refractivity contribution in [3.05, 3.63) is 75.3 Å². The van der Waals surface area contributed by atoms with Crippen LogP contribution in [-0.2, 0) is 16.0 Å². The lowest BCUT2D eigenvalue weighted by molar-refractivity contribution is -0.138. The van der Waals surface area contributed by atoms with E-state index in [4.69, 9.17) is 21.1 Å². The number of rotatable bonds is 7. The van der Waals surface area contributed by atoms with Crippen LogP contribution in [0.2, 0.25) is 5.02 Å². The van der Waals surface area contributed by atoms with Crippen LogP contribution in [0.3, 0.4) is 0 Å². The Morgan fingerprint density at radius 3 is 2.50 bits per heavy atom. The number of ketones is 1. The Labute approximate surface area is 166 Å². The van der Waals surface area contributed by atoms with Crippen molar-refractivity contribution >= 4 is 23.4 Å². The minimum atomic E-state index is -0.860. The largest absolute Gasteiger partial charge is 0.496 e. The zero-order valence-electron chi connectivity index (χ0n) is 15.6. The molecule has 0 aliphatic heterocycles. The van der Waals surface area contributed by atoms with Gasteiger partial charge >= 0.3 is 5.97 Å². The molecule has 0 atom stereocenters. The highest BCUT2D eigenvalue weighted by atomic mass is 35.5. The minimum absolute atomic E-state index is 0.0146. The number of hydrogen-bond acceptors (Lipinski definition) is 4. The first-order valence-electron chi connectivity index (χ1n) is 8.51. The van der Waals surface area contributed by atoms with Gasteiger partial charge in [0.05, 0.1) is 24.3 Å². The van der Waals surface area contributed by atoms with Gasteiger partial charge in [0.25, 0.3) is 0 Å². The van der Waals surface area contributed by atoms with Crippen molar-refractivity contribution in [1.29, 1.82) is 0 Å². The monoisotopic (exact) mass is 408 g/mol. The summed E-state index contributed by atoms with van der Waals surface area (Å²) < 4.78 is 38.8. The third kappa shape index (κ3) is 4.57. The number of hydrogen-bond donors (Lipinski definition) is 0. The van der Waals surface area contributed by atoms with E-state index in [2.05, 4.69) is 0 Å². The molecule has 0 N–H and O–H groups in total. The first-order valence-corrected chi connectivity index (χ1v) is 8.89. The Kier molecular flexibility index (Phi) is 7.29. The average Bonchev–Trinajstić information content (AvgIpc) is 2.67. The van der Waals surface area contributed by atoms with Crippen LogP contribution >= 0.6 is 11.6 Å². The first-order chi connectivity index (χ1) is 13.3. The molecule has 0 fully saturated rings. The van der Waals surface area contributed by atoms with Crippen LogP contribution in [0.4, 0.5) is 8.78 Å². The fourth-order valence-corrected chi connectivity index (χ4v) is 2.88. The SMILES string of the molecule is C/C=C(\C(=O)OCC)C(=O)c1cc(Cc2cccc(Cl)c2F)c(OC)cc1F. The van der Waals surface area contributed by atoms with E-state index < -0.39 is 23.4 Å². The Morgan fingerprint density at radius 1 is 1.18 bits per heavy atom. The molecule has 0 heterocycles. The summed E-state index contributed by atoms with van der Waals surface area (Å²) in [4.78, 5) is 24.7. The summed E-state index contributed by atoms with van der Waals surface area (Å²) in [6.45, 7) is 3.16. The van der Waals surface area contributed by atoms with Gasteiger partial charge in [0.15, 0.2) is 0 Å². The number of esters is 1. The minimum Gasteiger partial charge on any atom is -0.496 e. The summed E-state index contributed by atoms with van der Waals surface area (Å²) in [5, 5.41) is -0.0478. The van der Waals surface area contributed by atoms with Crippen LogP contribution in [0.5, 0.6) is 5.75 Å². The quantitative estimate of drug-likeness (QED) is 0.215. The number of carbonyl (C=O) groups is 2. The van der Waals surface area contributed by atoms with Gasteiger partial charge in [0.1, 0.15) is 23.0 Å². The second kappa shape index (κ2) is 9.46. The summed E-state index contributed by atoms with van der Waals surface area (Å²) in [5.74, 6) is -2.99. The summed E-state index contributed by atoms with van der Waals surface area (Å²) in [6.07, 6.45) is 1.28. The molecule has 0 saturated heterocycles. The van der Waals surface area contributed by atoms with Crippen molar-refractivity contribution in [2.24, 2.45) is 0 Å². The van der Waals surface area contributed by atoms with E-state index in [1.165, 1.54) is 38.3 Å². The van der Waals surface area contributed by atoms with E-state index in [1.54, 1.807) is 13.0 Å². The highest BCUT2D eigenvalue weighted by molar-refractivity contribution is 6.30. The molecule has 148 valence electrons. The van der Waals surface area contributed by atoms with Gasteiger partial charge in [-0.1, -0.05) is 29.8 Å². The third-order valence-electron chi connectivity index (χ3n) is 4.06. The smallest absolute Gasteiger partial charge is 0.341 e. The number of halogens is 3. The first kappa shape index (κ1) is 21.6. The third-order valence-corrected chi connectivity index (χ3v) is 4.35. The zero-order chi connectivity index (χ0) is 20.8. The standard InChI is InChI=1S/C21H19ClF2O4/c1-4-14(21(26)28-5-2)20(25)15-10-13(18(27-3)11-17(15)23)9-12-7-6-8-16(22)19(12)24/h4,6-8,10-11H,5,9H2,1-3H3/b14-4-. The van der Waals surface area contributed by atoms with Crippen molar-refractivity contribution in [2.45, 2.75) is 20.3 Å². The number of Topliss-reactive ketones (excluding diaryl/α,β-unsaturated/α-hetero) is 1. The van der Waals surface area contributed by atoms with Crippen molar-refractivity contribution in [2.75, 3.05) is 13.7 Å². The Bertz CT molecular complexity index is 938. The van der Waals surface area contributed by atoms with Crippen LogP contribution in [0.1, 0.15) is 35.3 Å². The maximum absolute atomic E-state index is 14.5. The molecule has 0 bridgehead atoms. The maximum atomic E-state index is 14.5. The number of allylic oxidation sites excluding steroid dienone is 1. The van der Waals surface area contributed by atoms with Gasteiger partial charge in [-0.2, -0.15) is 0 Å². The van der Waals surface area contributed by atoms with Crippen LogP contribution in [0.15, 0.2) is 42.0 Å². The van der Waals surface area contributed by atoms with E-state index in [0.29, 0.717) is 5.56 Å². The lowest BCUT2D eigenvalue weighted by Crippen LogP contribution is -2.17. The van der Waals surface area contributed by atoms with Gasteiger partial charge in [-0.3, -0.25) is 4.79 Å². The van der Waals surface area contributed by atoms with E-state index in [9.17, 15) is 18.4 Å². The average molecular weight is 409 g/mol. The number of carbonyl (C=O) groups excluding carboxylic acids is 2. The van der Waals surface area contributed by atoms with Crippen LogP contribution in [-0.4, -0.2) is 25.5 Å². The van der Waals surface area contributed by atoms with Crippen molar-refractivity contribution < 1.29 is 27.8 Å². The summed E-state index contributed by atoms with van der Waals surface area (Å²) in [5.41, 5.74) is 0.00498. The highest BCUT2D eigenvalue weighted by Gasteiger charge is 2.25. The van der Waals surface area contributed by atoms with E-state index >= 15 is 0 Å². The molecular weight excluding hydrogens is 390 g/mol. The number of ether oxygens (including phenoxy) is 2. The molecule has 0 saturated carbocycles. The predicted molar refractivity (Wildman–Crippen MR) is 102 cm³/mol. The molecule has 28 heavy (non-hydrogen) atoms. The van der Waals surface area contributed by atoms with Crippen molar-refractivity contribution in [1.82, 2.24) is 0 Å². The lowest BCUT2D eigenvalue weighted by atomic mass is 9.96. The van der Waals surface area contributed by atoms with Crippen molar-refractivity contribution in [3.63, 3.8) is 0 Å². The normalized spacial score (nSPS) is 11.3. The van der Waals surface area contributed by atoms with Crippen LogP contribution < -0.4 is 4.74 Å². The van der Waals surface area contributed by atoms with Crippen molar-refractivity contribution in [3.8, 4) is 5.75 Å². The van der Waals surface area contributed by atoms with E-state index in [-0.39, 0.29) is 40.5 Å². The summed E-state index contributed by atoms with van der Waals surface area (Å²) >= 11 is 5.81. The van der Waals surface area contributed by atoms with Gasteiger partial charge in [-0.05, 0) is 37.1 Å². The molecule has 0 amide bonds. The Balaban J connectivity index is 2.50. The second-order valence-electron chi connectivity index (χ2n) is 5.79. The van der Waals surface area contributed by atoms with Crippen LogP contribution in [0, 0.1) is 11.6 Å². The molecule has 7 heteroatoms. The molecule has 0 unspecified atom stereocenters. The second-order valence-corrected chi connectivity index (χ2v) is 6.19. The molecule has 4 nitrogen and oxygen atoms in total. The van der Waals surface area contributed by atoms with Crippen LogP contribution in [0.25, 0.3) is 0 Å². The summed E-state index contributed by atoms with van der Waals surface area (Å²) in [6, 6.07) is 6.81.